The van der Waals surface area contributed by atoms with Crippen LogP contribution in [0.3, 0.4) is 0 Å². The first-order chi connectivity index (χ1) is 6.04. The van der Waals surface area contributed by atoms with Gasteiger partial charge < -0.3 is 5.32 Å². The number of hydrogen-bond donors (Lipinski definition) is 2. The maximum absolute atomic E-state index is 10.7. The predicted octanol–water partition coefficient (Wildman–Crippen LogP) is 0.717. The van der Waals surface area contributed by atoms with E-state index in [-0.39, 0.29) is 34.5 Å². The molecule has 0 atom stereocenters. The van der Waals surface area contributed by atoms with Crippen molar-refractivity contribution in [2.24, 2.45) is 0 Å². The zero-order valence-electron chi connectivity index (χ0n) is 7.19. The van der Waals surface area contributed by atoms with Crippen molar-refractivity contribution in [2.45, 2.75) is 11.8 Å². The van der Waals surface area contributed by atoms with Crippen LogP contribution < -0.4 is 5.32 Å². The molecule has 2 N–H and O–H groups in total. The van der Waals surface area contributed by atoms with Crippen LogP contribution in [0.2, 0.25) is 0 Å². The Morgan fingerprint density at radius 1 is 1.43 bits per heavy atom. The van der Waals surface area contributed by atoms with E-state index in [0.29, 0.717) is 12.2 Å². The van der Waals surface area contributed by atoms with E-state index in [4.69, 9.17) is 4.55 Å². The fourth-order valence-electron chi connectivity index (χ4n) is 0.971. The Morgan fingerprint density at radius 2 is 2.07 bits per heavy atom. The SMILES string of the molecule is CCNc1cccc(S(=O)(=O)O)c1.[NaH]. The average molecular weight is 225 g/mol. The minimum atomic E-state index is -4.08. The van der Waals surface area contributed by atoms with E-state index in [1.54, 1.807) is 12.1 Å². The molecule has 0 unspecified atom stereocenters. The quantitative estimate of drug-likeness (QED) is 0.587. The third-order valence-corrected chi connectivity index (χ3v) is 2.36. The average Bonchev–Trinajstić information content (AvgIpc) is 2.04. The van der Waals surface area contributed by atoms with Crippen LogP contribution in [0.5, 0.6) is 0 Å². The van der Waals surface area contributed by atoms with Crippen molar-refractivity contribution in [2.75, 3.05) is 11.9 Å². The van der Waals surface area contributed by atoms with Crippen LogP contribution in [0.25, 0.3) is 0 Å². The standard InChI is InChI=1S/C8H11NO3S.Na.H/c1-2-9-7-4-3-5-8(6-7)13(10,11)12;;/h3-6,9H,2H2,1H3,(H,10,11,12);;. The number of hydrogen-bond acceptors (Lipinski definition) is 3. The van der Waals surface area contributed by atoms with Gasteiger partial charge in [0, 0.05) is 12.2 Å². The number of nitrogens with one attached hydrogen (secondary N) is 1. The first kappa shape index (κ1) is 13.9. The Balaban J connectivity index is 0.00000169. The second kappa shape index (κ2) is 5.72. The summed E-state index contributed by atoms with van der Waals surface area (Å²) in [7, 11) is -4.08. The summed E-state index contributed by atoms with van der Waals surface area (Å²) in [5, 5.41) is 2.94. The summed E-state index contributed by atoms with van der Waals surface area (Å²) in [6.07, 6.45) is 0. The van der Waals surface area contributed by atoms with E-state index in [9.17, 15) is 8.42 Å². The van der Waals surface area contributed by atoms with Gasteiger partial charge in [0.2, 0.25) is 0 Å². The second-order valence-electron chi connectivity index (χ2n) is 2.53. The third kappa shape index (κ3) is 3.98. The number of benzene rings is 1. The van der Waals surface area contributed by atoms with Crippen LogP contribution in [0.1, 0.15) is 6.92 Å². The van der Waals surface area contributed by atoms with E-state index >= 15 is 0 Å². The van der Waals surface area contributed by atoms with Crippen LogP contribution in [0, 0.1) is 0 Å². The summed E-state index contributed by atoms with van der Waals surface area (Å²) in [5.41, 5.74) is 0.678. The Bertz CT molecular complexity index is 391. The van der Waals surface area contributed by atoms with E-state index in [1.165, 1.54) is 12.1 Å². The summed E-state index contributed by atoms with van der Waals surface area (Å²) in [5.74, 6) is 0. The number of anilines is 1. The van der Waals surface area contributed by atoms with Crippen LogP contribution >= 0.6 is 0 Å². The van der Waals surface area contributed by atoms with Gasteiger partial charge in [0.15, 0.2) is 0 Å². The molecule has 4 nitrogen and oxygen atoms in total. The third-order valence-electron chi connectivity index (χ3n) is 1.51. The molecule has 1 aromatic carbocycles. The van der Waals surface area contributed by atoms with Gasteiger partial charge in [-0.15, -0.1) is 0 Å². The first-order valence-electron chi connectivity index (χ1n) is 3.85. The molecule has 6 heteroatoms. The summed E-state index contributed by atoms with van der Waals surface area (Å²) < 4.78 is 30.2. The van der Waals surface area contributed by atoms with Crippen molar-refractivity contribution in [3.05, 3.63) is 24.3 Å². The van der Waals surface area contributed by atoms with E-state index in [0.717, 1.165) is 0 Å². The molecule has 14 heavy (non-hydrogen) atoms. The molecule has 0 aliphatic carbocycles. The van der Waals surface area contributed by atoms with Crippen LogP contribution in [-0.4, -0.2) is 49.1 Å². The summed E-state index contributed by atoms with van der Waals surface area (Å²) in [6, 6.07) is 6.04. The zero-order valence-corrected chi connectivity index (χ0v) is 8.00. The monoisotopic (exact) mass is 225 g/mol. The zero-order chi connectivity index (χ0) is 9.90. The van der Waals surface area contributed by atoms with Gasteiger partial charge in [-0.2, -0.15) is 8.42 Å². The Kier molecular flexibility index (Phi) is 5.70. The van der Waals surface area contributed by atoms with Crippen molar-refractivity contribution in [1.82, 2.24) is 0 Å². The molecule has 0 spiro atoms. The normalized spacial score (nSPS) is 10.4. The molecule has 0 aromatic heterocycles. The van der Waals surface area contributed by atoms with Gasteiger partial charge in [-0.05, 0) is 25.1 Å². The van der Waals surface area contributed by atoms with Crippen molar-refractivity contribution >= 4 is 45.4 Å². The molecule has 74 valence electrons. The van der Waals surface area contributed by atoms with Gasteiger partial charge >= 0.3 is 29.6 Å². The molecule has 0 aliphatic rings. The van der Waals surface area contributed by atoms with Gasteiger partial charge in [-0.1, -0.05) is 6.07 Å². The first-order valence-corrected chi connectivity index (χ1v) is 5.29. The summed E-state index contributed by atoms with van der Waals surface area (Å²) in [6.45, 7) is 2.61. The molecule has 0 saturated heterocycles. The molecule has 1 rings (SSSR count). The Hall–Kier alpha value is -0.0700. The molecular weight excluding hydrogens is 213 g/mol. The summed E-state index contributed by atoms with van der Waals surface area (Å²) in [4.78, 5) is -0.0917. The van der Waals surface area contributed by atoms with Gasteiger partial charge in [0.25, 0.3) is 10.1 Å². The van der Waals surface area contributed by atoms with Gasteiger partial charge in [0.05, 0.1) is 4.90 Å². The van der Waals surface area contributed by atoms with Gasteiger partial charge in [-0.25, -0.2) is 0 Å². The molecule has 0 fully saturated rings. The van der Waals surface area contributed by atoms with E-state index in [2.05, 4.69) is 5.32 Å². The van der Waals surface area contributed by atoms with Crippen LogP contribution in [0.15, 0.2) is 29.2 Å². The van der Waals surface area contributed by atoms with Crippen molar-refractivity contribution in [1.29, 1.82) is 0 Å². The minimum absolute atomic E-state index is 0. The molecular formula is C8H12NNaO3S. The molecule has 0 heterocycles. The second-order valence-corrected chi connectivity index (χ2v) is 3.95. The molecule has 0 amide bonds. The van der Waals surface area contributed by atoms with Crippen molar-refractivity contribution in [3.8, 4) is 0 Å². The van der Waals surface area contributed by atoms with Crippen molar-refractivity contribution in [3.63, 3.8) is 0 Å². The maximum atomic E-state index is 10.7. The van der Waals surface area contributed by atoms with Gasteiger partial charge in [0.1, 0.15) is 0 Å². The molecule has 0 bridgehead atoms. The molecule has 0 saturated carbocycles. The Morgan fingerprint density at radius 3 is 2.57 bits per heavy atom. The van der Waals surface area contributed by atoms with E-state index in [1.807, 2.05) is 6.92 Å². The molecule has 0 radical (unpaired) electrons. The summed E-state index contributed by atoms with van der Waals surface area (Å²) >= 11 is 0. The fourth-order valence-corrected chi connectivity index (χ4v) is 1.50. The number of rotatable bonds is 3. The predicted molar refractivity (Wildman–Crippen MR) is 57.6 cm³/mol. The van der Waals surface area contributed by atoms with Crippen molar-refractivity contribution < 1.29 is 13.0 Å². The van der Waals surface area contributed by atoms with Gasteiger partial charge in [-0.3, -0.25) is 4.55 Å². The topological polar surface area (TPSA) is 66.4 Å². The molecule has 0 aliphatic heterocycles. The van der Waals surface area contributed by atoms with Crippen LogP contribution in [-0.2, 0) is 10.1 Å². The Labute approximate surface area is 106 Å². The molecule has 1 aromatic rings. The fraction of sp³-hybridized carbons (Fsp3) is 0.250. The van der Waals surface area contributed by atoms with Crippen LogP contribution in [0.4, 0.5) is 5.69 Å². The van der Waals surface area contributed by atoms with E-state index < -0.39 is 10.1 Å².